The molecule has 0 fully saturated rings. The average Bonchev–Trinajstić information content (AvgIpc) is 3.02. The van der Waals surface area contributed by atoms with Crippen molar-refractivity contribution < 1.29 is 24.2 Å². The first-order valence-electron chi connectivity index (χ1n) is 18.2. The Morgan fingerprint density at radius 1 is 0.477 bits per heavy atom. The highest BCUT2D eigenvalue weighted by Crippen LogP contribution is 2.10. The van der Waals surface area contributed by atoms with Crippen molar-refractivity contribution in [3.63, 3.8) is 0 Å². The molecular formula is C39H68O5. The molecule has 1 N–H and O–H groups in total. The third-order valence-corrected chi connectivity index (χ3v) is 7.54. The van der Waals surface area contributed by atoms with E-state index in [0.717, 1.165) is 44.9 Å². The smallest absolute Gasteiger partial charge is 0.305 e. The molecule has 0 aliphatic rings. The number of allylic oxidation sites excluding steroid dienone is 8. The monoisotopic (exact) mass is 617 g/mol. The van der Waals surface area contributed by atoms with Gasteiger partial charge in [0, 0.05) is 12.8 Å². The van der Waals surface area contributed by atoms with E-state index in [1.165, 1.54) is 89.9 Å². The van der Waals surface area contributed by atoms with Crippen molar-refractivity contribution in [3.05, 3.63) is 48.6 Å². The van der Waals surface area contributed by atoms with E-state index in [4.69, 9.17) is 9.47 Å². The molecule has 0 saturated carbocycles. The zero-order valence-corrected chi connectivity index (χ0v) is 28.7. The van der Waals surface area contributed by atoms with Crippen LogP contribution in [-0.2, 0) is 19.1 Å². The van der Waals surface area contributed by atoms with Gasteiger partial charge in [0.1, 0.15) is 19.3 Å². The molecule has 0 aliphatic heterocycles. The van der Waals surface area contributed by atoms with Gasteiger partial charge in [-0.2, -0.15) is 0 Å². The molecular weight excluding hydrogens is 548 g/mol. The van der Waals surface area contributed by atoms with Crippen LogP contribution in [0.1, 0.15) is 168 Å². The highest BCUT2D eigenvalue weighted by Gasteiger charge is 2.11. The Labute approximate surface area is 271 Å². The van der Waals surface area contributed by atoms with Gasteiger partial charge in [-0.3, -0.25) is 9.59 Å². The maximum atomic E-state index is 11.9. The van der Waals surface area contributed by atoms with Crippen molar-refractivity contribution >= 4 is 11.9 Å². The van der Waals surface area contributed by atoms with Crippen LogP contribution in [0, 0.1) is 0 Å². The van der Waals surface area contributed by atoms with Crippen molar-refractivity contribution in [2.24, 2.45) is 0 Å². The summed E-state index contributed by atoms with van der Waals surface area (Å²) in [6.07, 6.45) is 43.1. The summed E-state index contributed by atoms with van der Waals surface area (Å²) >= 11 is 0. The van der Waals surface area contributed by atoms with Gasteiger partial charge >= 0.3 is 11.9 Å². The molecule has 5 nitrogen and oxygen atoms in total. The van der Waals surface area contributed by atoms with Crippen LogP contribution in [0.5, 0.6) is 0 Å². The minimum Gasteiger partial charge on any atom is -0.463 e. The van der Waals surface area contributed by atoms with E-state index in [2.05, 4.69) is 62.5 Å². The van der Waals surface area contributed by atoms with Crippen LogP contribution < -0.4 is 0 Å². The number of esters is 2. The molecule has 0 aliphatic carbocycles. The lowest BCUT2D eigenvalue weighted by Gasteiger charge is -2.12. The van der Waals surface area contributed by atoms with Crippen molar-refractivity contribution in [2.75, 3.05) is 13.2 Å². The van der Waals surface area contributed by atoms with Gasteiger partial charge in [-0.1, -0.05) is 133 Å². The number of carbonyl (C=O) groups excluding carboxylic acids is 2. The zero-order valence-electron chi connectivity index (χ0n) is 28.7. The maximum Gasteiger partial charge on any atom is 0.305 e. The number of hydrogen-bond donors (Lipinski definition) is 1. The average molecular weight is 617 g/mol. The van der Waals surface area contributed by atoms with Gasteiger partial charge < -0.3 is 14.6 Å². The molecule has 1 atom stereocenters. The van der Waals surface area contributed by atoms with Gasteiger partial charge in [-0.05, 0) is 70.6 Å². The van der Waals surface area contributed by atoms with E-state index in [1.807, 2.05) is 0 Å². The molecule has 0 aromatic heterocycles. The summed E-state index contributed by atoms with van der Waals surface area (Å²) in [4.78, 5) is 23.8. The van der Waals surface area contributed by atoms with Gasteiger partial charge in [-0.15, -0.1) is 0 Å². The number of ether oxygens (including phenoxy) is 2. The molecule has 254 valence electrons. The number of aliphatic hydroxyl groups excluding tert-OH is 1. The van der Waals surface area contributed by atoms with Crippen LogP contribution in [-0.4, -0.2) is 36.4 Å². The molecule has 0 aromatic carbocycles. The van der Waals surface area contributed by atoms with Gasteiger partial charge in [0.25, 0.3) is 0 Å². The summed E-state index contributed by atoms with van der Waals surface area (Å²) in [6.45, 7) is 4.21. The quantitative estimate of drug-likeness (QED) is 0.0462. The van der Waals surface area contributed by atoms with Crippen molar-refractivity contribution in [2.45, 2.75) is 174 Å². The predicted octanol–water partition coefficient (Wildman–Crippen LogP) is 11.1. The second kappa shape index (κ2) is 35.3. The van der Waals surface area contributed by atoms with E-state index in [-0.39, 0.29) is 25.2 Å². The van der Waals surface area contributed by atoms with Crippen LogP contribution >= 0.6 is 0 Å². The third-order valence-electron chi connectivity index (χ3n) is 7.54. The Bertz CT molecular complexity index is 752. The first-order chi connectivity index (χ1) is 21.6. The Hall–Kier alpha value is -2.14. The third kappa shape index (κ3) is 34.4. The Morgan fingerprint density at radius 3 is 1.30 bits per heavy atom. The first kappa shape index (κ1) is 41.9. The highest BCUT2D eigenvalue weighted by molar-refractivity contribution is 5.69. The highest BCUT2D eigenvalue weighted by atomic mass is 16.6. The van der Waals surface area contributed by atoms with Gasteiger partial charge in [0.15, 0.2) is 0 Å². The summed E-state index contributed by atoms with van der Waals surface area (Å²) in [5.41, 5.74) is 0. The van der Waals surface area contributed by atoms with Gasteiger partial charge in [-0.25, -0.2) is 0 Å². The molecule has 0 bridgehead atoms. The number of aliphatic hydroxyl groups is 1. The molecule has 0 heterocycles. The number of unbranched alkanes of at least 4 members (excludes halogenated alkanes) is 16. The van der Waals surface area contributed by atoms with Crippen molar-refractivity contribution in [1.29, 1.82) is 0 Å². The van der Waals surface area contributed by atoms with E-state index < -0.39 is 6.10 Å². The van der Waals surface area contributed by atoms with E-state index >= 15 is 0 Å². The Morgan fingerprint density at radius 2 is 0.818 bits per heavy atom. The molecule has 0 unspecified atom stereocenters. The zero-order chi connectivity index (χ0) is 32.2. The summed E-state index contributed by atoms with van der Waals surface area (Å²) < 4.78 is 10.2. The number of carbonyl (C=O) groups is 2. The largest absolute Gasteiger partial charge is 0.463 e. The van der Waals surface area contributed by atoms with Crippen LogP contribution in [0.4, 0.5) is 0 Å². The van der Waals surface area contributed by atoms with E-state index in [9.17, 15) is 14.7 Å². The fraction of sp³-hybridized carbons (Fsp3) is 0.744. The molecule has 0 rings (SSSR count). The second-order valence-corrected chi connectivity index (χ2v) is 12.0. The van der Waals surface area contributed by atoms with E-state index in [1.54, 1.807) is 0 Å². The predicted molar refractivity (Wildman–Crippen MR) is 187 cm³/mol. The maximum absolute atomic E-state index is 11.9. The fourth-order valence-corrected chi connectivity index (χ4v) is 4.74. The molecule has 5 heteroatoms. The second-order valence-electron chi connectivity index (χ2n) is 12.0. The summed E-state index contributed by atoms with van der Waals surface area (Å²) in [7, 11) is 0. The summed E-state index contributed by atoms with van der Waals surface area (Å²) in [5, 5.41) is 9.97. The molecule has 0 spiro atoms. The topological polar surface area (TPSA) is 72.8 Å². The standard InChI is InChI=1S/C39H68O5/c1-3-5-7-9-11-13-15-17-18-19-20-22-24-26-28-30-32-34-39(42)44-36-37(40)35-43-38(41)33-31-29-27-25-23-21-16-14-12-10-8-6-4-2/h17-18,20-23,26,28,37,40H,3-16,19,24-25,27,29-36H2,1-2H3/b18-17-,22-20-,23-21-,28-26-/t37-/m1/s1. The fourth-order valence-electron chi connectivity index (χ4n) is 4.74. The number of rotatable bonds is 32. The summed E-state index contributed by atoms with van der Waals surface area (Å²) in [5.74, 6) is -0.645. The number of hydrogen-bond acceptors (Lipinski definition) is 5. The Balaban J connectivity index is 3.57. The lowest BCUT2D eigenvalue weighted by Crippen LogP contribution is -2.25. The first-order valence-corrected chi connectivity index (χ1v) is 18.2. The van der Waals surface area contributed by atoms with Crippen LogP contribution in [0.25, 0.3) is 0 Å². The normalized spacial score (nSPS) is 12.7. The molecule has 0 radical (unpaired) electrons. The van der Waals surface area contributed by atoms with E-state index in [0.29, 0.717) is 19.3 Å². The van der Waals surface area contributed by atoms with Gasteiger partial charge in [0.05, 0.1) is 0 Å². The Kier molecular flexibility index (Phi) is 33.6. The molecule has 0 saturated heterocycles. The summed E-state index contributed by atoms with van der Waals surface area (Å²) in [6, 6.07) is 0. The minimum atomic E-state index is -0.989. The van der Waals surface area contributed by atoms with Crippen molar-refractivity contribution in [3.8, 4) is 0 Å². The van der Waals surface area contributed by atoms with Gasteiger partial charge in [0.2, 0.25) is 0 Å². The van der Waals surface area contributed by atoms with Crippen molar-refractivity contribution in [1.82, 2.24) is 0 Å². The van der Waals surface area contributed by atoms with Crippen LogP contribution in [0.2, 0.25) is 0 Å². The molecule has 0 amide bonds. The van der Waals surface area contributed by atoms with Crippen LogP contribution in [0.3, 0.4) is 0 Å². The minimum absolute atomic E-state index is 0.140. The lowest BCUT2D eigenvalue weighted by atomic mass is 10.1. The molecule has 44 heavy (non-hydrogen) atoms. The lowest BCUT2D eigenvalue weighted by molar-refractivity contribution is -0.152. The van der Waals surface area contributed by atoms with Crippen LogP contribution in [0.15, 0.2) is 48.6 Å². The molecule has 0 aromatic rings. The SMILES string of the molecule is CCCCCCCC/C=C\C/C=C\C/C=C\CCCC(=O)OC[C@H](O)COC(=O)CCCCC/C=C\CCCCCCCC.